The van der Waals surface area contributed by atoms with E-state index in [1.807, 2.05) is 11.6 Å². The van der Waals surface area contributed by atoms with Gasteiger partial charge in [-0.05, 0) is 25.1 Å². The van der Waals surface area contributed by atoms with Crippen molar-refractivity contribution in [3.05, 3.63) is 17.9 Å². The fourth-order valence-electron chi connectivity index (χ4n) is 1.38. The second-order valence-electron chi connectivity index (χ2n) is 4.16. The van der Waals surface area contributed by atoms with E-state index in [1.165, 1.54) is 12.1 Å². The second kappa shape index (κ2) is 7.09. The Balaban J connectivity index is 2.55. The summed E-state index contributed by atoms with van der Waals surface area (Å²) < 4.78 is 66.1. The maximum Gasteiger partial charge on any atom is 0.390 e. The quantitative estimate of drug-likeness (QED) is 0.720. The molecule has 1 aromatic rings. The Morgan fingerprint density at radius 2 is 1.95 bits per heavy atom. The number of hydrogen-bond acceptors (Lipinski definition) is 4. The summed E-state index contributed by atoms with van der Waals surface area (Å²) in [4.78, 5) is 0. The minimum Gasteiger partial charge on any atom is -0.447 e. The first-order valence-corrected chi connectivity index (χ1v) is 7.59. The average molecular weight is 314 g/mol. The summed E-state index contributed by atoms with van der Waals surface area (Å²) in [6.07, 6.45) is -4.70. The van der Waals surface area contributed by atoms with Crippen LogP contribution in [0.1, 0.15) is 25.5 Å². The molecule has 1 heterocycles. The van der Waals surface area contributed by atoms with Gasteiger partial charge in [0.05, 0.1) is 13.0 Å². The molecule has 0 aliphatic carbocycles. The maximum absolute atomic E-state index is 11.9. The van der Waals surface area contributed by atoms with Crippen molar-refractivity contribution in [3.8, 4) is 0 Å². The van der Waals surface area contributed by atoms with E-state index in [0.717, 1.165) is 13.0 Å². The summed E-state index contributed by atoms with van der Waals surface area (Å²) in [5.41, 5.74) is 0. The first-order chi connectivity index (χ1) is 9.24. The van der Waals surface area contributed by atoms with Crippen LogP contribution in [0.25, 0.3) is 0 Å². The monoisotopic (exact) mass is 314 g/mol. The normalized spacial score (nSPS) is 12.8. The van der Waals surface area contributed by atoms with Crippen LogP contribution in [0.2, 0.25) is 0 Å². The van der Waals surface area contributed by atoms with Gasteiger partial charge in [-0.25, -0.2) is 13.1 Å². The van der Waals surface area contributed by atoms with Crippen molar-refractivity contribution in [2.75, 3.05) is 13.1 Å². The standard InChI is InChI=1S/C11H17F3N2O3S/c1-2-6-15-8-9-3-4-10(19-9)20(17,18)16-7-5-11(12,13)14/h3-4,15-16H,2,5-8H2,1H3. The highest BCUT2D eigenvalue weighted by Gasteiger charge is 2.28. The molecule has 0 aliphatic rings. The van der Waals surface area contributed by atoms with Crippen LogP contribution < -0.4 is 10.0 Å². The van der Waals surface area contributed by atoms with Crippen LogP contribution in [0.15, 0.2) is 21.6 Å². The number of hydrogen-bond donors (Lipinski definition) is 2. The van der Waals surface area contributed by atoms with Gasteiger partial charge in [0.25, 0.3) is 10.0 Å². The Morgan fingerprint density at radius 3 is 2.55 bits per heavy atom. The van der Waals surface area contributed by atoms with Gasteiger partial charge in [-0.1, -0.05) is 6.92 Å². The molecule has 0 saturated carbocycles. The van der Waals surface area contributed by atoms with Crippen LogP contribution in [0, 0.1) is 0 Å². The van der Waals surface area contributed by atoms with E-state index < -0.39 is 29.2 Å². The van der Waals surface area contributed by atoms with Crippen LogP contribution in [0.5, 0.6) is 0 Å². The van der Waals surface area contributed by atoms with Gasteiger partial charge in [-0.2, -0.15) is 13.2 Å². The lowest BCUT2D eigenvalue weighted by Crippen LogP contribution is -2.27. The van der Waals surface area contributed by atoms with Gasteiger partial charge in [0.15, 0.2) is 0 Å². The molecule has 0 radical (unpaired) electrons. The maximum atomic E-state index is 11.9. The van der Waals surface area contributed by atoms with Crippen molar-refractivity contribution < 1.29 is 26.0 Å². The zero-order valence-corrected chi connectivity index (χ0v) is 11.8. The summed E-state index contributed by atoms with van der Waals surface area (Å²) >= 11 is 0. The smallest absolute Gasteiger partial charge is 0.390 e. The third kappa shape index (κ3) is 5.93. The highest BCUT2D eigenvalue weighted by atomic mass is 32.2. The molecule has 0 aliphatic heterocycles. The average Bonchev–Trinajstić information content (AvgIpc) is 2.77. The number of alkyl halides is 3. The van der Waals surface area contributed by atoms with E-state index in [0.29, 0.717) is 12.3 Å². The molecule has 20 heavy (non-hydrogen) atoms. The molecule has 1 rings (SSSR count). The molecule has 5 nitrogen and oxygen atoms in total. The topological polar surface area (TPSA) is 71.3 Å². The molecule has 0 spiro atoms. The molecule has 0 fully saturated rings. The van der Waals surface area contributed by atoms with Crippen LogP contribution in [0.4, 0.5) is 13.2 Å². The zero-order valence-electron chi connectivity index (χ0n) is 11.0. The van der Waals surface area contributed by atoms with Crippen LogP contribution in [-0.4, -0.2) is 27.7 Å². The summed E-state index contributed by atoms with van der Waals surface area (Å²) in [6, 6.07) is 2.69. The molecule has 2 N–H and O–H groups in total. The molecule has 1 aromatic heterocycles. The molecular weight excluding hydrogens is 297 g/mol. The van der Waals surface area contributed by atoms with E-state index in [2.05, 4.69) is 5.32 Å². The van der Waals surface area contributed by atoms with Crippen molar-refractivity contribution in [1.82, 2.24) is 10.0 Å². The third-order valence-electron chi connectivity index (χ3n) is 2.33. The van der Waals surface area contributed by atoms with Crippen LogP contribution >= 0.6 is 0 Å². The van der Waals surface area contributed by atoms with Gasteiger partial charge in [-0.3, -0.25) is 0 Å². The van der Waals surface area contributed by atoms with E-state index in [4.69, 9.17) is 4.42 Å². The van der Waals surface area contributed by atoms with Gasteiger partial charge in [0.2, 0.25) is 5.09 Å². The van der Waals surface area contributed by atoms with Gasteiger partial charge in [0.1, 0.15) is 5.76 Å². The largest absolute Gasteiger partial charge is 0.447 e. The van der Waals surface area contributed by atoms with Crippen molar-refractivity contribution >= 4 is 10.0 Å². The van der Waals surface area contributed by atoms with Crippen molar-refractivity contribution in [3.63, 3.8) is 0 Å². The van der Waals surface area contributed by atoms with Crippen molar-refractivity contribution in [1.29, 1.82) is 0 Å². The lowest BCUT2D eigenvalue weighted by molar-refractivity contribution is -0.132. The molecule has 0 bridgehead atoms. The molecule has 9 heteroatoms. The first-order valence-electron chi connectivity index (χ1n) is 6.10. The Hall–Kier alpha value is -1.06. The fourth-order valence-corrected chi connectivity index (χ4v) is 2.36. The number of sulfonamides is 1. The Kier molecular flexibility index (Phi) is 6.03. The Morgan fingerprint density at radius 1 is 1.25 bits per heavy atom. The van der Waals surface area contributed by atoms with Gasteiger partial charge in [0, 0.05) is 6.54 Å². The van der Waals surface area contributed by atoms with E-state index in [-0.39, 0.29) is 5.09 Å². The fraction of sp³-hybridized carbons (Fsp3) is 0.636. The lowest BCUT2D eigenvalue weighted by Gasteiger charge is -2.07. The third-order valence-corrected chi connectivity index (χ3v) is 3.66. The van der Waals surface area contributed by atoms with Crippen LogP contribution in [0.3, 0.4) is 0 Å². The van der Waals surface area contributed by atoms with Crippen LogP contribution in [-0.2, 0) is 16.6 Å². The molecule has 0 saturated heterocycles. The molecule has 116 valence electrons. The van der Waals surface area contributed by atoms with Gasteiger partial charge in [-0.15, -0.1) is 0 Å². The Bertz CT molecular complexity index is 511. The number of furan rings is 1. The molecule has 0 atom stereocenters. The molecule has 0 amide bonds. The molecule has 0 aromatic carbocycles. The first kappa shape index (κ1) is 17.0. The number of rotatable bonds is 8. The van der Waals surface area contributed by atoms with Crippen molar-refractivity contribution in [2.24, 2.45) is 0 Å². The summed E-state index contributed by atoms with van der Waals surface area (Å²) in [5, 5.41) is 2.64. The predicted molar refractivity (Wildman–Crippen MR) is 66.6 cm³/mol. The minimum absolute atomic E-state index is 0.367. The highest BCUT2D eigenvalue weighted by Crippen LogP contribution is 2.19. The summed E-state index contributed by atoms with van der Waals surface area (Å²) in [7, 11) is -4.04. The van der Waals surface area contributed by atoms with Gasteiger partial charge >= 0.3 is 6.18 Å². The lowest BCUT2D eigenvalue weighted by atomic mass is 10.4. The number of halogens is 3. The van der Waals surface area contributed by atoms with Crippen molar-refractivity contribution in [2.45, 2.75) is 37.6 Å². The molecule has 0 unspecified atom stereocenters. The second-order valence-corrected chi connectivity index (χ2v) is 5.86. The van der Waals surface area contributed by atoms with E-state index in [9.17, 15) is 21.6 Å². The minimum atomic E-state index is -4.40. The SMILES string of the molecule is CCCNCc1ccc(S(=O)(=O)NCCC(F)(F)F)o1. The number of nitrogens with one attached hydrogen (secondary N) is 2. The van der Waals surface area contributed by atoms with E-state index >= 15 is 0 Å². The summed E-state index contributed by atoms with van der Waals surface area (Å²) in [5.74, 6) is 0.412. The highest BCUT2D eigenvalue weighted by molar-refractivity contribution is 7.89. The van der Waals surface area contributed by atoms with Gasteiger partial charge < -0.3 is 9.73 Å². The predicted octanol–water partition coefficient (Wildman–Crippen LogP) is 2.01. The van der Waals surface area contributed by atoms with E-state index in [1.54, 1.807) is 0 Å². The summed E-state index contributed by atoms with van der Waals surface area (Å²) in [6.45, 7) is 2.39. The zero-order chi connectivity index (χ0) is 15.2. The molecular formula is C11H17F3N2O3S. The Labute approximate surface area is 115 Å².